The molecule has 8 nitrogen and oxygen atoms in total. The van der Waals surface area contributed by atoms with E-state index >= 15 is 0 Å². The summed E-state index contributed by atoms with van der Waals surface area (Å²) >= 11 is 0. The monoisotopic (exact) mass is 429 g/mol. The average molecular weight is 430 g/mol. The molecule has 1 saturated heterocycles. The Bertz CT molecular complexity index is 880. The third-order valence-corrected chi connectivity index (χ3v) is 5.43. The second-order valence-electron chi connectivity index (χ2n) is 8.72. The molecule has 1 aromatic carbocycles. The van der Waals surface area contributed by atoms with E-state index in [1.54, 1.807) is 14.2 Å². The van der Waals surface area contributed by atoms with E-state index < -0.39 is 0 Å². The van der Waals surface area contributed by atoms with Crippen molar-refractivity contribution in [2.75, 3.05) is 47.4 Å². The summed E-state index contributed by atoms with van der Waals surface area (Å²) in [6, 6.07) is 6.11. The minimum Gasteiger partial charge on any atom is -0.493 e. The van der Waals surface area contributed by atoms with E-state index in [0.29, 0.717) is 12.4 Å². The number of nitrogens with one attached hydrogen (secondary N) is 1. The van der Waals surface area contributed by atoms with Crippen LogP contribution in [0, 0.1) is 0 Å². The molecule has 0 bridgehead atoms. The van der Waals surface area contributed by atoms with Gasteiger partial charge in [0.25, 0.3) is 0 Å². The van der Waals surface area contributed by atoms with E-state index in [2.05, 4.69) is 51.9 Å². The van der Waals surface area contributed by atoms with E-state index in [1.807, 2.05) is 25.4 Å². The molecule has 0 spiro atoms. The molecule has 0 aliphatic carbocycles. The number of hydrogen-bond donors (Lipinski definition) is 1. The Hall–Kier alpha value is -2.74. The topological polar surface area (TPSA) is 75.4 Å². The first kappa shape index (κ1) is 22.9. The number of ether oxygens (including phenoxy) is 2. The third kappa shape index (κ3) is 5.91. The van der Waals surface area contributed by atoms with Crippen LogP contribution in [-0.2, 0) is 18.5 Å². The molecule has 0 radical (unpaired) electrons. The van der Waals surface area contributed by atoms with E-state index in [0.717, 1.165) is 55.9 Å². The van der Waals surface area contributed by atoms with Gasteiger partial charge in [-0.2, -0.15) is 0 Å². The summed E-state index contributed by atoms with van der Waals surface area (Å²) in [5.41, 5.74) is 1.17. The van der Waals surface area contributed by atoms with E-state index in [9.17, 15) is 0 Å². The summed E-state index contributed by atoms with van der Waals surface area (Å²) in [5.74, 6) is 3.97. The molecule has 1 fully saturated rings. The minimum atomic E-state index is -0.0445. The normalized spacial score (nSPS) is 15.8. The highest BCUT2D eigenvalue weighted by atomic mass is 16.5. The van der Waals surface area contributed by atoms with Gasteiger partial charge in [-0.25, -0.2) is 4.98 Å². The van der Waals surface area contributed by atoms with Crippen molar-refractivity contribution in [3.63, 3.8) is 0 Å². The highest BCUT2D eigenvalue weighted by Gasteiger charge is 2.22. The zero-order valence-corrected chi connectivity index (χ0v) is 19.6. The van der Waals surface area contributed by atoms with Crippen LogP contribution in [0.4, 0.5) is 0 Å². The Morgan fingerprint density at radius 2 is 1.84 bits per heavy atom. The first-order valence-electron chi connectivity index (χ1n) is 10.7. The van der Waals surface area contributed by atoms with Gasteiger partial charge >= 0.3 is 0 Å². The summed E-state index contributed by atoms with van der Waals surface area (Å²) in [7, 11) is 5.14. The van der Waals surface area contributed by atoms with Crippen LogP contribution in [-0.4, -0.2) is 68.2 Å². The number of aliphatic imine (C=N–C) groups is 1. The Morgan fingerprint density at radius 3 is 2.42 bits per heavy atom. The van der Waals surface area contributed by atoms with Crippen molar-refractivity contribution in [1.82, 2.24) is 20.1 Å². The van der Waals surface area contributed by atoms with Crippen LogP contribution in [0.5, 0.6) is 11.5 Å². The van der Waals surface area contributed by atoms with Gasteiger partial charge in [-0.05, 0) is 17.7 Å². The molecule has 0 atom stereocenters. The van der Waals surface area contributed by atoms with Crippen molar-refractivity contribution < 1.29 is 13.9 Å². The van der Waals surface area contributed by atoms with Crippen LogP contribution < -0.4 is 14.8 Å². The molecule has 1 aromatic heterocycles. The lowest BCUT2D eigenvalue weighted by atomic mass is 9.94. The lowest BCUT2D eigenvalue weighted by molar-refractivity contribution is 0.172. The fourth-order valence-corrected chi connectivity index (χ4v) is 3.58. The molecule has 1 aliphatic heterocycles. The predicted molar refractivity (Wildman–Crippen MR) is 122 cm³/mol. The quantitative estimate of drug-likeness (QED) is 0.559. The molecule has 0 amide bonds. The predicted octanol–water partition coefficient (Wildman–Crippen LogP) is 2.88. The molecule has 0 unspecified atom stereocenters. The Morgan fingerprint density at radius 1 is 1.13 bits per heavy atom. The second kappa shape index (κ2) is 10.0. The van der Waals surface area contributed by atoms with Gasteiger partial charge in [0.2, 0.25) is 5.89 Å². The number of nitrogens with zero attached hydrogens (tertiary/aromatic N) is 4. The first-order chi connectivity index (χ1) is 14.8. The third-order valence-electron chi connectivity index (χ3n) is 5.43. The van der Waals surface area contributed by atoms with Gasteiger partial charge < -0.3 is 24.1 Å². The molecule has 31 heavy (non-hydrogen) atoms. The van der Waals surface area contributed by atoms with Gasteiger partial charge in [0.05, 0.1) is 27.0 Å². The zero-order valence-electron chi connectivity index (χ0n) is 19.6. The van der Waals surface area contributed by atoms with Gasteiger partial charge in [-0.15, -0.1) is 0 Å². The van der Waals surface area contributed by atoms with Gasteiger partial charge in [0.1, 0.15) is 5.76 Å². The first-order valence-corrected chi connectivity index (χ1v) is 10.7. The van der Waals surface area contributed by atoms with Crippen LogP contribution in [0.15, 0.2) is 33.8 Å². The molecule has 8 heteroatoms. The van der Waals surface area contributed by atoms with Crippen LogP contribution in [0.25, 0.3) is 0 Å². The second-order valence-corrected chi connectivity index (χ2v) is 8.72. The Balaban J connectivity index is 1.50. The number of piperazine rings is 1. The maximum atomic E-state index is 5.87. The Kier molecular flexibility index (Phi) is 7.43. The molecular formula is C23H35N5O3. The summed E-state index contributed by atoms with van der Waals surface area (Å²) in [6.45, 7) is 11.5. The molecule has 0 saturated carbocycles. The maximum Gasteiger partial charge on any atom is 0.213 e. The van der Waals surface area contributed by atoms with Gasteiger partial charge in [-0.3, -0.25) is 9.89 Å². The fourth-order valence-electron chi connectivity index (χ4n) is 3.58. The number of hydrogen-bond acceptors (Lipinski definition) is 6. The largest absolute Gasteiger partial charge is 0.493 e. The highest BCUT2D eigenvalue weighted by molar-refractivity contribution is 5.79. The standard InChI is InChI=1S/C23H35N5O3/c1-23(2,3)20-14-25-21(31-20)15-26-22(24-4)28-11-9-27(10-12-28)16-17-7-8-18(29-5)19(13-17)30-6/h7-8,13-14H,9-12,15-16H2,1-6H3,(H,24,26). The Labute approximate surface area is 185 Å². The SMILES string of the molecule is CN=C(NCc1ncc(C(C)(C)C)o1)N1CCN(Cc2ccc(OC)c(OC)c2)CC1. The van der Waals surface area contributed by atoms with E-state index in [4.69, 9.17) is 13.9 Å². The average Bonchev–Trinajstić information content (AvgIpc) is 3.25. The van der Waals surface area contributed by atoms with Gasteiger partial charge in [0.15, 0.2) is 17.5 Å². The smallest absolute Gasteiger partial charge is 0.213 e. The minimum absolute atomic E-state index is 0.0445. The molecule has 2 heterocycles. The molecular weight excluding hydrogens is 394 g/mol. The van der Waals surface area contributed by atoms with Crippen molar-refractivity contribution in [1.29, 1.82) is 0 Å². The molecule has 170 valence electrons. The number of guanidine groups is 1. The van der Waals surface area contributed by atoms with Gasteiger partial charge in [-0.1, -0.05) is 26.8 Å². The lowest BCUT2D eigenvalue weighted by Crippen LogP contribution is -2.52. The fraction of sp³-hybridized carbons (Fsp3) is 0.565. The highest BCUT2D eigenvalue weighted by Crippen LogP contribution is 2.28. The summed E-state index contributed by atoms with van der Waals surface area (Å²) in [5, 5.41) is 3.38. The molecule has 1 aliphatic rings. The van der Waals surface area contributed by atoms with E-state index in [1.165, 1.54) is 5.56 Å². The lowest BCUT2D eigenvalue weighted by Gasteiger charge is -2.36. The number of aromatic nitrogens is 1. The number of oxazole rings is 1. The number of methoxy groups -OCH3 is 2. The molecule has 2 aromatic rings. The van der Waals surface area contributed by atoms with Gasteiger partial charge in [0, 0.05) is 45.2 Å². The molecule has 3 rings (SSSR count). The number of rotatable bonds is 6. The van der Waals surface area contributed by atoms with Crippen molar-refractivity contribution in [3.05, 3.63) is 41.6 Å². The van der Waals surface area contributed by atoms with Crippen LogP contribution in [0.2, 0.25) is 0 Å². The van der Waals surface area contributed by atoms with Crippen molar-refractivity contribution in [2.24, 2.45) is 4.99 Å². The van der Waals surface area contributed by atoms with Crippen LogP contribution in [0.3, 0.4) is 0 Å². The summed E-state index contributed by atoms with van der Waals surface area (Å²) < 4.78 is 16.6. The van der Waals surface area contributed by atoms with Crippen molar-refractivity contribution in [2.45, 2.75) is 39.3 Å². The number of benzene rings is 1. The zero-order chi connectivity index (χ0) is 22.4. The molecule has 1 N–H and O–H groups in total. The van der Waals surface area contributed by atoms with Crippen molar-refractivity contribution in [3.8, 4) is 11.5 Å². The summed E-state index contributed by atoms with van der Waals surface area (Å²) in [6.07, 6.45) is 1.81. The van der Waals surface area contributed by atoms with Crippen LogP contribution >= 0.6 is 0 Å². The summed E-state index contributed by atoms with van der Waals surface area (Å²) in [4.78, 5) is 13.6. The maximum absolute atomic E-state index is 5.87. The van der Waals surface area contributed by atoms with E-state index in [-0.39, 0.29) is 5.41 Å². The van der Waals surface area contributed by atoms with Crippen LogP contribution in [0.1, 0.15) is 38.0 Å². The van der Waals surface area contributed by atoms with Crippen molar-refractivity contribution >= 4 is 5.96 Å².